The van der Waals surface area contributed by atoms with Crippen molar-refractivity contribution in [1.82, 2.24) is 0 Å². The minimum absolute atomic E-state index is 0.840. The SMILES string of the molecule is C=C[Si](C)(C)OC(C)(C)O[Si](O[Si](C)(C)C=C)(c1ccccc1)c1ccccc1. The van der Waals surface area contributed by atoms with Crippen LogP contribution in [0.15, 0.2) is 85.2 Å². The second-order valence-electron chi connectivity index (χ2n) is 8.67. The molecule has 2 rings (SSSR count). The summed E-state index contributed by atoms with van der Waals surface area (Å²) < 4.78 is 20.4. The predicted molar refractivity (Wildman–Crippen MR) is 131 cm³/mol. The first kappa shape index (κ1) is 23.7. The van der Waals surface area contributed by atoms with E-state index < -0.39 is 31.0 Å². The Hall–Kier alpha value is -1.55. The van der Waals surface area contributed by atoms with Crippen LogP contribution in [0.4, 0.5) is 0 Å². The second-order valence-corrected chi connectivity index (χ2v) is 19.5. The fraction of sp³-hybridized carbons (Fsp3) is 0.304. The van der Waals surface area contributed by atoms with Crippen molar-refractivity contribution in [3.05, 3.63) is 85.2 Å². The van der Waals surface area contributed by atoms with Gasteiger partial charge in [0.15, 0.2) is 0 Å². The third-order valence-corrected chi connectivity index (χ3v) is 13.8. The molecule has 0 aliphatic rings. The maximum atomic E-state index is 6.98. The predicted octanol–water partition coefficient (Wildman–Crippen LogP) is 4.89. The molecule has 0 spiro atoms. The normalized spacial score (nSPS) is 13.2. The Balaban J connectivity index is 2.68. The summed E-state index contributed by atoms with van der Waals surface area (Å²) in [5.41, 5.74) is 3.88. The first-order valence-corrected chi connectivity index (χ1v) is 17.7. The van der Waals surface area contributed by atoms with Gasteiger partial charge in [0, 0.05) is 0 Å². The Morgan fingerprint density at radius 3 is 1.48 bits per heavy atom. The van der Waals surface area contributed by atoms with Gasteiger partial charge in [-0.25, -0.2) is 0 Å². The summed E-state index contributed by atoms with van der Waals surface area (Å²) >= 11 is 0. The Kier molecular flexibility index (Phi) is 7.42. The van der Waals surface area contributed by atoms with Crippen LogP contribution in [-0.2, 0) is 13.0 Å². The van der Waals surface area contributed by atoms with Gasteiger partial charge in [-0.05, 0) is 50.4 Å². The largest absolute Gasteiger partial charge is 0.426 e. The van der Waals surface area contributed by atoms with E-state index in [1.807, 2.05) is 61.6 Å². The lowest BCUT2D eigenvalue weighted by molar-refractivity contribution is -0.101. The summed E-state index contributed by atoms with van der Waals surface area (Å²) in [7, 11) is -7.39. The van der Waals surface area contributed by atoms with Crippen LogP contribution in [0.2, 0.25) is 26.2 Å². The number of benzene rings is 2. The number of hydrogen-bond acceptors (Lipinski definition) is 3. The maximum absolute atomic E-state index is 6.98. The summed E-state index contributed by atoms with van der Waals surface area (Å²) in [4.78, 5) is 0. The van der Waals surface area contributed by atoms with E-state index in [0.717, 1.165) is 10.4 Å². The van der Waals surface area contributed by atoms with E-state index >= 15 is 0 Å². The van der Waals surface area contributed by atoms with Crippen molar-refractivity contribution in [2.75, 3.05) is 0 Å². The smallest absolute Gasteiger partial charge is 0.399 e. The number of hydrogen-bond donors (Lipinski definition) is 0. The van der Waals surface area contributed by atoms with Crippen LogP contribution in [0.5, 0.6) is 0 Å². The average molecular weight is 443 g/mol. The summed E-state index contributed by atoms with van der Waals surface area (Å²) in [6.07, 6.45) is 0. The van der Waals surface area contributed by atoms with Crippen molar-refractivity contribution in [3.63, 3.8) is 0 Å². The van der Waals surface area contributed by atoms with E-state index in [1.165, 1.54) is 0 Å². The molecule has 0 fully saturated rings. The lowest BCUT2D eigenvalue weighted by Gasteiger charge is -2.44. The molecule has 0 heterocycles. The van der Waals surface area contributed by atoms with E-state index in [4.69, 9.17) is 13.0 Å². The monoisotopic (exact) mass is 442 g/mol. The Labute approximate surface area is 179 Å². The Bertz CT molecular complexity index is 778. The van der Waals surface area contributed by atoms with Crippen LogP contribution in [0, 0.1) is 0 Å². The highest BCUT2D eigenvalue weighted by molar-refractivity contribution is 6.99. The Morgan fingerprint density at radius 1 is 0.690 bits per heavy atom. The van der Waals surface area contributed by atoms with Gasteiger partial charge in [-0.2, -0.15) is 0 Å². The zero-order chi connectivity index (χ0) is 21.8. The van der Waals surface area contributed by atoms with Gasteiger partial charge >= 0.3 is 8.56 Å². The van der Waals surface area contributed by atoms with Crippen molar-refractivity contribution < 1.29 is 13.0 Å². The fourth-order valence-electron chi connectivity index (χ4n) is 3.19. The van der Waals surface area contributed by atoms with E-state index in [2.05, 4.69) is 63.6 Å². The summed E-state index contributed by atoms with van der Waals surface area (Å²) in [6, 6.07) is 20.5. The molecule has 0 saturated carbocycles. The third-order valence-electron chi connectivity index (χ3n) is 4.60. The summed E-state index contributed by atoms with van der Waals surface area (Å²) in [6.45, 7) is 20.5. The molecule has 0 saturated heterocycles. The van der Waals surface area contributed by atoms with Gasteiger partial charge in [0.25, 0.3) is 0 Å². The van der Waals surface area contributed by atoms with Crippen LogP contribution in [0.1, 0.15) is 13.8 Å². The van der Waals surface area contributed by atoms with Crippen LogP contribution in [-0.4, -0.2) is 31.0 Å². The standard InChI is InChI=1S/C23H34O3Si3/c1-9-27(5,6)24-23(3,4)25-29(26-28(7,8)10-2,21-17-13-11-14-18-21)22-19-15-12-16-20-22/h9-20H,1-2H2,3-8H3. The molecule has 0 aliphatic heterocycles. The fourth-order valence-corrected chi connectivity index (χ4v) is 11.6. The molecule has 0 amide bonds. The van der Waals surface area contributed by atoms with Crippen molar-refractivity contribution in [3.8, 4) is 0 Å². The van der Waals surface area contributed by atoms with Gasteiger partial charge in [0.1, 0.15) is 5.79 Å². The topological polar surface area (TPSA) is 27.7 Å². The van der Waals surface area contributed by atoms with Gasteiger partial charge in [0.05, 0.1) is 0 Å². The minimum Gasteiger partial charge on any atom is -0.426 e. The van der Waals surface area contributed by atoms with Crippen LogP contribution in [0.3, 0.4) is 0 Å². The van der Waals surface area contributed by atoms with Gasteiger partial charge in [-0.3, -0.25) is 0 Å². The van der Waals surface area contributed by atoms with Gasteiger partial charge in [0.2, 0.25) is 16.6 Å². The molecule has 0 atom stereocenters. The van der Waals surface area contributed by atoms with Crippen LogP contribution in [0.25, 0.3) is 0 Å². The van der Waals surface area contributed by atoms with Crippen molar-refractivity contribution >= 4 is 35.6 Å². The molecule has 0 aliphatic carbocycles. The van der Waals surface area contributed by atoms with E-state index in [1.54, 1.807) is 0 Å². The molecule has 0 aromatic heterocycles. The molecule has 2 aromatic rings. The molecule has 6 heteroatoms. The van der Waals surface area contributed by atoms with Crippen molar-refractivity contribution in [2.24, 2.45) is 0 Å². The van der Waals surface area contributed by atoms with Crippen LogP contribution >= 0.6 is 0 Å². The third kappa shape index (κ3) is 6.21. The second kappa shape index (κ2) is 9.07. The molecule has 0 bridgehead atoms. The maximum Gasteiger partial charge on any atom is 0.399 e. The van der Waals surface area contributed by atoms with Gasteiger partial charge in [-0.15, -0.1) is 13.2 Å². The molecule has 156 valence electrons. The van der Waals surface area contributed by atoms with E-state index in [9.17, 15) is 0 Å². The summed E-state index contributed by atoms with van der Waals surface area (Å²) in [5.74, 6) is -0.840. The summed E-state index contributed by atoms with van der Waals surface area (Å²) in [5, 5.41) is 2.12. The van der Waals surface area contributed by atoms with Crippen LogP contribution < -0.4 is 10.4 Å². The molecule has 3 nitrogen and oxygen atoms in total. The zero-order valence-electron chi connectivity index (χ0n) is 18.6. The van der Waals surface area contributed by atoms with E-state index in [0.29, 0.717) is 0 Å². The van der Waals surface area contributed by atoms with Gasteiger partial charge < -0.3 is 13.0 Å². The van der Waals surface area contributed by atoms with Crippen molar-refractivity contribution in [2.45, 2.75) is 45.8 Å². The molecule has 0 unspecified atom stereocenters. The Morgan fingerprint density at radius 2 is 1.10 bits per heavy atom. The molecule has 2 aromatic carbocycles. The average Bonchev–Trinajstić information content (AvgIpc) is 2.67. The van der Waals surface area contributed by atoms with E-state index in [-0.39, 0.29) is 0 Å². The quantitative estimate of drug-likeness (QED) is 0.387. The number of rotatable bonds is 10. The first-order chi connectivity index (χ1) is 13.5. The van der Waals surface area contributed by atoms with Crippen molar-refractivity contribution in [1.29, 1.82) is 0 Å². The molecule has 29 heavy (non-hydrogen) atoms. The highest BCUT2D eigenvalue weighted by Gasteiger charge is 2.50. The lowest BCUT2D eigenvalue weighted by atomic mass is 10.4. The molecule has 0 radical (unpaired) electrons. The minimum atomic E-state index is -3.10. The zero-order valence-corrected chi connectivity index (χ0v) is 21.6. The molecular formula is C23H34O3Si3. The highest BCUT2D eigenvalue weighted by atomic mass is 28.4. The highest BCUT2D eigenvalue weighted by Crippen LogP contribution is 2.27. The first-order valence-electron chi connectivity index (χ1n) is 9.94. The van der Waals surface area contributed by atoms with Gasteiger partial charge in [-0.1, -0.05) is 72.1 Å². The molecule has 0 N–H and O–H groups in total. The lowest BCUT2D eigenvalue weighted by Crippen LogP contribution is -2.70. The molecular weight excluding hydrogens is 409 g/mol.